The van der Waals surface area contributed by atoms with E-state index >= 15 is 0 Å². The largest absolute Gasteiger partial charge is 0.291 e. The first kappa shape index (κ1) is 23.4. The molecule has 0 N–H and O–H groups in total. The van der Waals surface area contributed by atoms with Crippen LogP contribution in [0.1, 0.15) is 28.2 Å². The summed E-state index contributed by atoms with van der Waals surface area (Å²) in [6.45, 7) is 0.138. The summed E-state index contributed by atoms with van der Waals surface area (Å²) in [4.78, 5) is 18.4. The van der Waals surface area contributed by atoms with E-state index in [0.717, 1.165) is 16.8 Å². The molecule has 6 rings (SSSR count). The van der Waals surface area contributed by atoms with Crippen molar-refractivity contribution >= 4 is 21.9 Å². The fourth-order valence-electron chi connectivity index (χ4n) is 5.20. The summed E-state index contributed by atoms with van der Waals surface area (Å²) in [7, 11) is -2.44. The summed E-state index contributed by atoms with van der Waals surface area (Å²) in [5, 5.41) is 11.9. The minimum absolute atomic E-state index is 0.0407. The van der Waals surface area contributed by atoms with E-state index in [4.69, 9.17) is 0 Å². The zero-order valence-corrected chi connectivity index (χ0v) is 20.6. The number of sulfonamides is 1. The van der Waals surface area contributed by atoms with Crippen molar-refractivity contribution in [1.29, 1.82) is 0 Å². The van der Waals surface area contributed by atoms with Gasteiger partial charge in [0.25, 0.3) is 10.0 Å². The third-order valence-corrected chi connectivity index (χ3v) is 8.95. The molecule has 1 unspecified atom stereocenters. The van der Waals surface area contributed by atoms with E-state index in [1.807, 2.05) is 6.08 Å². The lowest BCUT2D eigenvalue weighted by atomic mass is 9.65. The van der Waals surface area contributed by atoms with Crippen molar-refractivity contribution in [2.45, 2.75) is 17.9 Å². The predicted octanol–water partition coefficient (Wildman–Crippen LogP) is 2.44. The molecule has 37 heavy (non-hydrogen) atoms. The lowest BCUT2D eigenvalue weighted by molar-refractivity contribution is 0.0770. The lowest BCUT2D eigenvalue weighted by Gasteiger charge is -2.44. The number of benzene rings is 1. The molecular formula is C25H22FN7O3S. The molecule has 12 heteroatoms. The minimum Gasteiger partial charge on any atom is -0.291 e. The Bertz CT molecular complexity index is 1640. The highest BCUT2D eigenvalue weighted by molar-refractivity contribution is 7.89. The Balaban J connectivity index is 1.46. The molecule has 4 aromatic rings. The summed E-state index contributed by atoms with van der Waals surface area (Å²) in [5.41, 5.74) is 2.19. The van der Waals surface area contributed by atoms with Crippen molar-refractivity contribution in [2.24, 2.45) is 12.5 Å². The Morgan fingerprint density at radius 3 is 2.62 bits per heavy atom. The molecule has 10 nitrogen and oxygen atoms in total. The number of carbonyl (C=O) groups excluding carboxylic acids is 1. The maximum Gasteiger partial charge on any atom is 0.261 e. The second-order valence-corrected chi connectivity index (χ2v) is 11.1. The summed E-state index contributed by atoms with van der Waals surface area (Å²) < 4.78 is 44.8. The first-order chi connectivity index (χ1) is 17.8. The van der Waals surface area contributed by atoms with Crippen LogP contribution in [0.15, 0.2) is 71.7 Å². The number of ketones is 1. The molecule has 1 atom stereocenters. The van der Waals surface area contributed by atoms with Gasteiger partial charge in [0.2, 0.25) is 0 Å². The quantitative estimate of drug-likeness (QED) is 0.372. The van der Waals surface area contributed by atoms with Gasteiger partial charge in [-0.25, -0.2) is 22.2 Å². The molecule has 0 amide bonds. The molecule has 1 fully saturated rings. The third kappa shape index (κ3) is 3.71. The van der Waals surface area contributed by atoms with Crippen molar-refractivity contribution in [3.05, 3.63) is 89.4 Å². The molecule has 2 aliphatic rings. The van der Waals surface area contributed by atoms with Crippen LogP contribution in [0.25, 0.3) is 11.8 Å². The summed E-state index contributed by atoms with van der Waals surface area (Å²) in [6, 6.07) is 11.1. The smallest absolute Gasteiger partial charge is 0.261 e. The van der Waals surface area contributed by atoms with Gasteiger partial charge >= 0.3 is 0 Å². The Hall–Kier alpha value is -4.03. The van der Waals surface area contributed by atoms with Gasteiger partial charge in [-0.15, -0.1) is 5.10 Å². The summed E-state index contributed by atoms with van der Waals surface area (Å²) in [5.74, 6) is -0.595. The number of hydrogen-bond donors (Lipinski definition) is 0. The highest BCUT2D eigenvalue weighted by Gasteiger charge is 2.51. The Labute approximate surface area is 212 Å². The first-order valence-electron chi connectivity index (χ1n) is 11.6. The van der Waals surface area contributed by atoms with Crippen LogP contribution >= 0.6 is 0 Å². The van der Waals surface area contributed by atoms with Gasteiger partial charge in [0.1, 0.15) is 11.5 Å². The number of carbonyl (C=O) groups is 1. The SMILES string of the molecule is Cn1nncc1S(=O)(=O)N1CCC2=Cc3c(cnn3-c3ccc(F)cc3)CC2(C(=O)c2ccccn2)C1. The second-order valence-electron chi connectivity index (χ2n) is 9.20. The van der Waals surface area contributed by atoms with Crippen LogP contribution in [0.5, 0.6) is 0 Å². The van der Waals surface area contributed by atoms with Gasteiger partial charge in [0.05, 0.1) is 29.2 Å². The van der Waals surface area contributed by atoms with Gasteiger partial charge in [-0.3, -0.25) is 9.78 Å². The number of aromatic nitrogens is 6. The molecule has 4 heterocycles. The Morgan fingerprint density at radius 2 is 1.92 bits per heavy atom. The van der Waals surface area contributed by atoms with Gasteiger partial charge in [-0.1, -0.05) is 16.9 Å². The average molecular weight is 520 g/mol. The van der Waals surface area contributed by atoms with E-state index in [9.17, 15) is 17.6 Å². The number of nitrogens with zero attached hydrogens (tertiary/aromatic N) is 7. The molecular weight excluding hydrogens is 497 g/mol. The maximum atomic E-state index is 14.1. The van der Waals surface area contributed by atoms with Crippen LogP contribution in [0.4, 0.5) is 4.39 Å². The fraction of sp³-hybridized carbons (Fsp3) is 0.240. The first-order valence-corrected chi connectivity index (χ1v) is 13.1. The lowest BCUT2D eigenvalue weighted by Crippen LogP contribution is -2.53. The number of hydrogen-bond acceptors (Lipinski definition) is 7. The Kier molecular flexibility index (Phi) is 5.39. The van der Waals surface area contributed by atoms with Gasteiger partial charge < -0.3 is 0 Å². The van der Waals surface area contributed by atoms with Crippen LogP contribution in [0, 0.1) is 11.2 Å². The van der Waals surface area contributed by atoms with Gasteiger partial charge in [0, 0.05) is 26.3 Å². The van der Waals surface area contributed by atoms with Crippen molar-refractivity contribution in [1.82, 2.24) is 34.1 Å². The molecule has 1 aliphatic heterocycles. The maximum absolute atomic E-state index is 14.1. The average Bonchev–Trinajstić information content (AvgIpc) is 3.53. The third-order valence-electron chi connectivity index (χ3n) is 7.06. The van der Waals surface area contributed by atoms with Crippen LogP contribution in [-0.4, -0.2) is 61.4 Å². The highest BCUT2D eigenvalue weighted by atomic mass is 32.2. The van der Waals surface area contributed by atoms with Crippen molar-refractivity contribution in [2.75, 3.05) is 13.1 Å². The fourth-order valence-corrected chi connectivity index (χ4v) is 6.73. The molecule has 0 saturated carbocycles. The summed E-state index contributed by atoms with van der Waals surface area (Å²) in [6.07, 6.45) is 6.95. The Morgan fingerprint density at radius 1 is 1.11 bits per heavy atom. The minimum atomic E-state index is -3.96. The molecule has 0 radical (unpaired) electrons. The van der Waals surface area contributed by atoms with Crippen molar-refractivity contribution in [3.8, 4) is 5.69 Å². The van der Waals surface area contributed by atoms with Crippen LogP contribution in [0.2, 0.25) is 0 Å². The van der Waals surface area contributed by atoms with Gasteiger partial charge in [-0.2, -0.15) is 9.40 Å². The van der Waals surface area contributed by atoms with E-state index in [1.54, 1.807) is 47.4 Å². The number of fused-ring (bicyclic) bond motifs is 2. The normalized spacial score (nSPS) is 19.7. The molecule has 1 aromatic carbocycles. The zero-order chi connectivity index (χ0) is 25.8. The van der Waals surface area contributed by atoms with Crippen molar-refractivity contribution < 1.29 is 17.6 Å². The monoisotopic (exact) mass is 519 g/mol. The van der Waals surface area contributed by atoms with E-state index in [-0.39, 0.29) is 41.8 Å². The van der Waals surface area contributed by atoms with Gasteiger partial charge in [-0.05, 0) is 60.9 Å². The van der Waals surface area contributed by atoms with Crippen LogP contribution in [-0.2, 0) is 23.5 Å². The number of halogens is 1. The van der Waals surface area contributed by atoms with E-state index in [1.165, 1.54) is 34.4 Å². The van der Waals surface area contributed by atoms with Gasteiger partial charge in [0.15, 0.2) is 10.8 Å². The molecule has 1 saturated heterocycles. The second kappa shape index (κ2) is 8.53. The number of pyridine rings is 1. The molecule has 3 aromatic heterocycles. The number of rotatable bonds is 5. The van der Waals surface area contributed by atoms with E-state index in [0.29, 0.717) is 12.1 Å². The molecule has 188 valence electrons. The molecule has 0 bridgehead atoms. The number of Topliss-reactive ketones (excluding diaryl/α,β-unsaturated/α-hetero) is 1. The highest BCUT2D eigenvalue weighted by Crippen LogP contribution is 2.47. The molecule has 1 aliphatic carbocycles. The predicted molar refractivity (Wildman–Crippen MR) is 131 cm³/mol. The van der Waals surface area contributed by atoms with Crippen LogP contribution in [0.3, 0.4) is 0 Å². The zero-order valence-electron chi connectivity index (χ0n) is 19.8. The van der Waals surface area contributed by atoms with Crippen molar-refractivity contribution in [3.63, 3.8) is 0 Å². The standard InChI is InChI=1S/C25H22FN7O3S/c1-31-23(15-28-30-31)37(35,36)32-11-9-18-12-22-17(14-29-33(22)20-7-5-19(26)6-8-20)13-25(18,16-32)24(34)21-4-2-3-10-27-21/h2-8,10,12,14-15H,9,11,13,16H2,1H3. The number of aryl methyl sites for hydroxylation is 1. The van der Waals surface area contributed by atoms with Crippen LogP contribution < -0.4 is 0 Å². The van der Waals surface area contributed by atoms with E-state index in [2.05, 4.69) is 20.4 Å². The topological polar surface area (TPSA) is 116 Å². The van der Waals surface area contributed by atoms with E-state index < -0.39 is 15.4 Å². The molecule has 0 spiro atoms. The summed E-state index contributed by atoms with van der Waals surface area (Å²) >= 11 is 0. The number of piperidine rings is 1.